The van der Waals surface area contributed by atoms with Gasteiger partial charge in [-0.15, -0.1) is 0 Å². The summed E-state index contributed by atoms with van der Waals surface area (Å²) < 4.78 is 28.3. The van der Waals surface area contributed by atoms with E-state index in [0.29, 0.717) is 0 Å². The third kappa shape index (κ3) is 5.59. The van der Waals surface area contributed by atoms with Gasteiger partial charge in [0.2, 0.25) is 0 Å². The van der Waals surface area contributed by atoms with Gasteiger partial charge in [0.15, 0.2) is 9.84 Å². The fraction of sp³-hybridized carbons (Fsp3) is 0.647. The largest absolute Gasteiger partial charge is 0.444 e. The summed E-state index contributed by atoms with van der Waals surface area (Å²) in [5.41, 5.74) is -0.849. The fourth-order valence-electron chi connectivity index (χ4n) is 2.68. The zero-order chi connectivity index (χ0) is 18.9. The Morgan fingerprint density at radius 3 is 2.32 bits per heavy atom. The molecular formula is C17H27N3O4S. The molecule has 2 rings (SSSR count). The molecule has 140 valence electrons. The average molecular weight is 369 g/mol. The number of piperidine rings is 1. The summed E-state index contributed by atoms with van der Waals surface area (Å²) in [6.45, 7) is 8.96. The van der Waals surface area contributed by atoms with E-state index in [1.807, 2.05) is 27.7 Å². The van der Waals surface area contributed by atoms with Crippen LogP contribution in [-0.4, -0.2) is 50.0 Å². The van der Waals surface area contributed by atoms with Crippen molar-refractivity contribution in [1.29, 1.82) is 0 Å². The standard InChI is InChI=1S/C17H27N3O4S/c1-16(2,3)24-15(21)19-17(4)8-10-20(11-9-17)14-7-6-13(12-18-14)25(5,22)23/h6-7,12H,8-11H2,1-5H3,(H,19,21). The number of carbonyl (C=O) groups excluding carboxylic acids is 1. The van der Waals surface area contributed by atoms with Crippen LogP contribution in [0.25, 0.3) is 0 Å². The Balaban J connectivity index is 1.95. The van der Waals surface area contributed by atoms with E-state index in [-0.39, 0.29) is 10.4 Å². The van der Waals surface area contributed by atoms with Gasteiger partial charge in [0.25, 0.3) is 0 Å². The van der Waals surface area contributed by atoms with Crippen molar-refractivity contribution in [2.45, 2.75) is 56.6 Å². The van der Waals surface area contributed by atoms with Gasteiger partial charge in [-0.3, -0.25) is 0 Å². The number of amides is 1. The molecule has 2 heterocycles. The number of anilines is 1. The summed E-state index contributed by atoms with van der Waals surface area (Å²) in [7, 11) is -3.24. The molecule has 1 saturated heterocycles. The van der Waals surface area contributed by atoms with E-state index in [1.165, 1.54) is 12.5 Å². The smallest absolute Gasteiger partial charge is 0.408 e. The monoisotopic (exact) mass is 369 g/mol. The molecule has 1 aliphatic rings. The molecule has 0 aromatic carbocycles. The zero-order valence-electron chi connectivity index (χ0n) is 15.5. The second-order valence-corrected chi connectivity index (χ2v) is 9.81. The van der Waals surface area contributed by atoms with Crippen LogP contribution in [0.2, 0.25) is 0 Å². The number of rotatable bonds is 3. The Labute approximate surface area is 149 Å². The summed E-state index contributed by atoms with van der Waals surface area (Å²) in [5, 5.41) is 2.97. The number of pyridine rings is 1. The number of carbonyl (C=O) groups is 1. The molecule has 1 aromatic heterocycles. The van der Waals surface area contributed by atoms with E-state index in [1.54, 1.807) is 12.1 Å². The SMILES string of the molecule is CC1(NC(=O)OC(C)(C)C)CCN(c2ccc(S(C)(=O)=O)cn2)CC1. The highest BCUT2D eigenvalue weighted by Gasteiger charge is 2.33. The van der Waals surface area contributed by atoms with Gasteiger partial charge in [0.1, 0.15) is 11.4 Å². The van der Waals surface area contributed by atoms with Crippen molar-refractivity contribution in [3.05, 3.63) is 18.3 Å². The lowest BCUT2D eigenvalue weighted by Gasteiger charge is -2.40. The molecule has 0 aliphatic carbocycles. The van der Waals surface area contributed by atoms with Crippen molar-refractivity contribution in [2.75, 3.05) is 24.2 Å². The molecule has 7 nitrogen and oxygen atoms in total. The molecule has 0 bridgehead atoms. The average Bonchev–Trinajstić information content (AvgIpc) is 2.44. The molecule has 0 radical (unpaired) electrons. The molecule has 1 aromatic rings. The predicted octanol–water partition coefficient (Wildman–Crippen LogP) is 2.37. The summed E-state index contributed by atoms with van der Waals surface area (Å²) in [6.07, 6.45) is 3.65. The van der Waals surface area contributed by atoms with Crippen LogP contribution in [0.15, 0.2) is 23.2 Å². The third-order valence-corrected chi connectivity index (χ3v) is 5.24. The van der Waals surface area contributed by atoms with E-state index in [2.05, 4.69) is 15.2 Å². The van der Waals surface area contributed by atoms with Crippen molar-refractivity contribution in [2.24, 2.45) is 0 Å². The number of sulfone groups is 1. The van der Waals surface area contributed by atoms with Crippen LogP contribution >= 0.6 is 0 Å². The summed E-state index contributed by atoms with van der Waals surface area (Å²) in [5.74, 6) is 0.742. The number of aromatic nitrogens is 1. The first kappa shape index (κ1) is 19.5. The lowest BCUT2D eigenvalue weighted by atomic mass is 9.90. The number of hydrogen-bond acceptors (Lipinski definition) is 6. The molecule has 1 aliphatic heterocycles. The second kappa shape index (κ2) is 6.82. The molecule has 25 heavy (non-hydrogen) atoms. The lowest BCUT2D eigenvalue weighted by Crippen LogP contribution is -2.54. The highest BCUT2D eigenvalue weighted by atomic mass is 32.2. The van der Waals surface area contributed by atoms with Crippen molar-refractivity contribution in [3.8, 4) is 0 Å². The van der Waals surface area contributed by atoms with Crippen LogP contribution in [0.4, 0.5) is 10.6 Å². The Bertz CT molecular complexity index is 715. The molecule has 0 unspecified atom stereocenters. The third-order valence-electron chi connectivity index (χ3n) is 4.14. The summed E-state index contributed by atoms with van der Waals surface area (Å²) >= 11 is 0. The molecule has 8 heteroatoms. The minimum atomic E-state index is -3.24. The summed E-state index contributed by atoms with van der Waals surface area (Å²) in [4.78, 5) is 18.6. The number of hydrogen-bond donors (Lipinski definition) is 1. The van der Waals surface area contributed by atoms with Gasteiger partial charge < -0.3 is 15.0 Å². The molecule has 0 spiro atoms. The molecule has 1 amide bonds. The van der Waals surface area contributed by atoms with Gasteiger partial charge in [-0.25, -0.2) is 18.2 Å². The number of ether oxygens (including phenoxy) is 1. The Morgan fingerprint density at radius 1 is 1.28 bits per heavy atom. The fourth-order valence-corrected chi connectivity index (χ4v) is 3.24. The first-order valence-electron chi connectivity index (χ1n) is 8.30. The molecule has 0 saturated carbocycles. The maximum atomic E-state index is 12.0. The molecule has 1 N–H and O–H groups in total. The molecule has 1 fully saturated rings. The number of alkyl carbamates (subject to hydrolysis) is 1. The van der Waals surface area contributed by atoms with Gasteiger partial charge in [0, 0.05) is 31.1 Å². The lowest BCUT2D eigenvalue weighted by molar-refractivity contribution is 0.0448. The van der Waals surface area contributed by atoms with E-state index in [9.17, 15) is 13.2 Å². The van der Waals surface area contributed by atoms with Crippen LogP contribution < -0.4 is 10.2 Å². The van der Waals surface area contributed by atoms with Gasteiger partial charge in [0.05, 0.1) is 4.90 Å². The Hall–Kier alpha value is -1.83. The van der Waals surface area contributed by atoms with Crippen molar-refractivity contribution >= 4 is 21.7 Å². The molecule has 0 atom stereocenters. The van der Waals surface area contributed by atoms with Gasteiger partial charge in [-0.1, -0.05) is 0 Å². The minimum absolute atomic E-state index is 0.213. The van der Waals surface area contributed by atoms with Crippen molar-refractivity contribution in [3.63, 3.8) is 0 Å². The highest BCUT2D eigenvalue weighted by Crippen LogP contribution is 2.26. The zero-order valence-corrected chi connectivity index (χ0v) is 16.3. The van der Waals surface area contributed by atoms with Crippen LogP contribution in [0, 0.1) is 0 Å². The first-order valence-corrected chi connectivity index (χ1v) is 10.2. The predicted molar refractivity (Wildman–Crippen MR) is 96.6 cm³/mol. The van der Waals surface area contributed by atoms with E-state index >= 15 is 0 Å². The highest BCUT2D eigenvalue weighted by molar-refractivity contribution is 7.90. The van der Waals surface area contributed by atoms with Crippen LogP contribution in [-0.2, 0) is 14.6 Å². The van der Waals surface area contributed by atoms with Gasteiger partial charge in [-0.05, 0) is 52.7 Å². The van der Waals surface area contributed by atoms with E-state index in [0.717, 1.165) is 31.7 Å². The quantitative estimate of drug-likeness (QED) is 0.880. The van der Waals surface area contributed by atoms with Crippen LogP contribution in [0.3, 0.4) is 0 Å². The van der Waals surface area contributed by atoms with E-state index < -0.39 is 21.5 Å². The summed E-state index contributed by atoms with van der Waals surface area (Å²) in [6, 6.07) is 3.30. The molecular weight excluding hydrogens is 342 g/mol. The van der Waals surface area contributed by atoms with Crippen LogP contribution in [0.1, 0.15) is 40.5 Å². The number of nitrogens with one attached hydrogen (secondary N) is 1. The van der Waals surface area contributed by atoms with Gasteiger partial charge >= 0.3 is 6.09 Å². The van der Waals surface area contributed by atoms with Crippen molar-refractivity contribution in [1.82, 2.24) is 10.3 Å². The van der Waals surface area contributed by atoms with Crippen molar-refractivity contribution < 1.29 is 17.9 Å². The Kier molecular flexibility index (Phi) is 5.32. The topological polar surface area (TPSA) is 88.6 Å². The first-order chi connectivity index (χ1) is 11.4. The number of nitrogens with zero attached hydrogens (tertiary/aromatic N) is 2. The van der Waals surface area contributed by atoms with Crippen LogP contribution in [0.5, 0.6) is 0 Å². The maximum absolute atomic E-state index is 12.0. The second-order valence-electron chi connectivity index (χ2n) is 7.80. The van der Waals surface area contributed by atoms with E-state index in [4.69, 9.17) is 4.74 Å². The minimum Gasteiger partial charge on any atom is -0.444 e. The normalized spacial score (nSPS) is 17.9. The van der Waals surface area contributed by atoms with Gasteiger partial charge in [-0.2, -0.15) is 0 Å². The Morgan fingerprint density at radius 2 is 1.88 bits per heavy atom. The maximum Gasteiger partial charge on any atom is 0.408 e.